The first-order valence-electron chi connectivity index (χ1n) is 3.43. The van der Waals surface area contributed by atoms with Gasteiger partial charge in [0, 0.05) is 0 Å². The minimum absolute atomic E-state index is 0.273. The SMILES string of the molecule is C=CCC(O)CC=C.O=P(O)(Cl)Cl. The quantitative estimate of drug-likeness (QED) is 0.592. The highest BCUT2D eigenvalue weighted by Crippen LogP contribution is 2.51. The van der Waals surface area contributed by atoms with Crippen molar-refractivity contribution < 1.29 is 14.6 Å². The van der Waals surface area contributed by atoms with Gasteiger partial charge in [0.25, 0.3) is 0 Å². The minimum atomic E-state index is -3.69. The molecule has 0 saturated heterocycles. The number of rotatable bonds is 4. The van der Waals surface area contributed by atoms with Gasteiger partial charge in [0.2, 0.25) is 0 Å². The van der Waals surface area contributed by atoms with Gasteiger partial charge >= 0.3 is 6.07 Å². The van der Waals surface area contributed by atoms with E-state index in [0.29, 0.717) is 12.8 Å². The summed E-state index contributed by atoms with van der Waals surface area (Å²) in [4.78, 5) is 7.61. The van der Waals surface area contributed by atoms with Crippen molar-refractivity contribution in [2.45, 2.75) is 18.9 Å². The normalized spacial score (nSPS) is 10.2. The Hall–Kier alpha value is 0.210. The maximum atomic E-state index is 9.30. The maximum absolute atomic E-state index is 9.30. The summed E-state index contributed by atoms with van der Waals surface area (Å²) in [5.74, 6) is 0. The molecule has 0 aliphatic rings. The lowest BCUT2D eigenvalue weighted by Crippen LogP contribution is -2.01. The fourth-order valence-electron chi connectivity index (χ4n) is 0.481. The van der Waals surface area contributed by atoms with Crippen LogP contribution in [0.3, 0.4) is 0 Å². The van der Waals surface area contributed by atoms with Gasteiger partial charge in [0.15, 0.2) is 0 Å². The molecular weight excluding hydrogens is 234 g/mol. The molecule has 6 heteroatoms. The summed E-state index contributed by atoms with van der Waals surface area (Å²) >= 11 is 8.81. The molecule has 78 valence electrons. The molecular formula is C7H13Cl2O3P. The van der Waals surface area contributed by atoms with Crippen LogP contribution in [0.2, 0.25) is 0 Å². The van der Waals surface area contributed by atoms with Crippen LogP contribution in [0.25, 0.3) is 0 Å². The van der Waals surface area contributed by atoms with E-state index in [2.05, 4.69) is 35.6 Å². The summed E-state index contributed by atoms with van der Waals surface area (Å²) in [6.07, 6.45) is 0.755. The number of aliphatic hydroxyl groups excluding tert-OH is 1. The van der Waals surface area contributed by atoms with Crippen molar-refractivity contribution in [1.82, 2.24) is 0 Å². The van der Waals surface area contributed by atoms with E-state index in [1.54, 1.807) is 12.2 Å². The molecule has 13 heavy (non-hydrogen) atoms. The molecule has 0 aromatic rings. The van der Waals surface area contributed by atoms with Crippen molar-refractivity contribution in [3.05, 3.63) is 25.3 Å². The summed E-state index contributed by atoms with van der Waals surface area (Å²) in [5.41, 5.74) is 0. The van der Waals surface area contributed by atoms with E-state index in [1.807, 2.05) is 0 Å². The topological polar surface area (TPSA) is 57.5 Å². The van der Waals surface area contributed by atoms with Crippen molar-refractivity contribution in [1.29, 1.82) is 0 Å². The summed E-state index contributed by atoms with van der Waals surface area (Å²) in [6.45, 7) is 6.98. The fourth-order valence-corrected chi connectivity index (χ4v) is 0.481. The van der Waals surface area contributed by atoms with Crippen molar-refractivity contribution in [2.75, 3.05) is 0 Å². The lowest BCUT2D eigenvalue weighted by molar-refractivity contribution is 0.181. The summed E-state index contributed by atoms with van der Waals surface area (Å²) < 4.78 is 9.30. The van der Waals surface area contributed by atoms with Gasteiger partial charge in [-0.3, -0.25) is 4.57 Å². The Kier molecular flexibility index (Phi) is 10.6. The molecule has 0 radical (unpaired) electrons. The van der Waals surface area contributed by atoms with E-state index < -0.39 is 6.07 Å². The first kappa shape index (κ1) is 15.7. The number of halogens is 2. The van der Waals surface area contributed by atoms with Crippen LogP contribution in [0.4, 0.5) is 0 Å². The molecule has 0 aliphatic heterocycles. The Labute approximate surface area is 87.7 Å². The van der Waals surface area contributed by atoms with Crippen molar-refractivity contribution in [3.8, 4) is 0 Å². The average molecular weight is 247 g/mol. The standard InChI is InChI=1S/C7H12O.Cl2HO2P/c1-3-5-7(8)6-4-2;1-5(2,3)4/h3-4,7-8H,1-2,5-6H2;(H,3,4). The summed E-state index contributed by atoms with van der Waals surface area (Å²) in [7, 11) is 0. The van der Waals surface area contributed by atoms with E-state index in [9.17, 15) is 4.57 Å². The van der Waals surface area contributed by atoms with E-state index in [0.717, 1.165) is 0 Å². The van der Waals surface area contributed by atoms with E-state index in [4.69, 9.17) is 10.00 Å². The van der Waals surface area contributed by atoms with Gasteiger partial charge in [0.1, 0.15) is 0 Å². The van der Waals surface area contributed by atoms with Gasteiger partial charge in [-0.15, -0.1) is 13.2 Å². The minimum Gasteiger partial charge on any atom is -0.392 e. The Bertz CT molecular complexity index is 172. The lowest BCUT2D eigenvalue weighted by atomic mass is 10.2. The van der Waals surface area contributed by atoms with E-state index in [-0.39, 0.29) is 6.10 Å². The highest BCUT2D eigenvalue weighted by atomic mass is 35.9. The Morgan fingerprint density at radius 3 is 1.69 bits per heavy atom. The van der Waals surface area contributed by atoms with Crippen LogP contribution in [0, 0.1) is 0 Å². The van der Waals surface area contributed by atoms with Crippen molar-refractivity contribution in [3.63, 3.8) is 0 Å². The molecule has 2 N–H and O–H groups in total. The van der Waals surface area contributed by atoms with E-state index in [1.165, 1.54) is 0 Å². The van der Waals surface area contributed by atoms with E-state index >= 15 is 0 Å². The van der Waals surface area contributed by atoms with Crippen LogP contribution >= 0.6 is 28.6 Å². The second-order valence-electron chi connectivity index (χ2n) is 2.14. The molecule has 0 aromatic carbocycles. The highest BCUT2D eigenvalue weighted by Gasteiger charge is 2.02. The van der Waals surface area contributed by atoms with Gasteiger partial charge < -0.3 is 10.00 Å². The van der Waals surface area contributed by atoms with Crippen LogP contribution in [0.5, 0.6) is 0 Å². The Morgan fingerprint density at radius 2 is 1.54 bits per heavy atom. The second-order valence-corrected chi connectivity index (χ2v) is 6.28. The monoisotopic (exact) mass is 246 g/mol. The smallest absolute Gasteiger partial charge is 0.377 e. The Morgan fingerprint density at radius 1 is 1.31 bits per heavy atom. The first-order chi connectivity index (χ1) is 5.81. The molecule has 0 amide bonds. The second kappa shape index (κ2) is 8.79. The third kappa shape index (κ3) is 33.0. The maximum Gasteiger partial charge on any atom is 0.377 e. The molecule has 0 aromatic heterocycles. The number of hydrogen-bond donors (Lipinski definition) is 2. The number of aliphatic hydroxyl groups is 1. The molecule has 0 spiro atoms. The number of hydrogen-bond acceptors (Lipinski definition) is 2. The molecule has 0 fully saturated rings. The molecule has 0 saturated carbocycles. The molecule has 0 aliphatic carbocycles. The molecule has 0 unspecified atom stereocenters. The van der Waals surface area contributed by atoms with Crippen LogP contribution in [-0.4, -0.2) is 16.1 Å². The van der Waals surface area contributed by atoms with Crippen LogP contribution in [0.15, 0.2) is 25.3 Å². The zero-order chi connectivity index (χ0) is 10.9. The molecule has 0 atom stereocenters. The molecule has 0 bridgehead atoms. The third-order valence-corrected chi connectivity index (χ3v) is 0.877. The predicted octanol–water partition coefficient (Wildman–Crippen LogP) is 3.06. The van der Waals surface area contributed by atoms with Gasteiger partial charge in [-0.2, -0.15) is 0 Å². The third-order valence-electron chi connectivity index (χ3n) is 0.877. The van der Waals surface area contributed by atoms with Gasteiger partial charge in [-0.05, 0) is 35.3 Å². The first-order valence-corrected chi connectivity index (χ1v) is 6.90. The molecule has 0 rings (SSSR count). The molecule has 3 nitrogen and oxygen atoms in total. The highest BCUT2D eigenvalue weighted by molar-refractivity contribution is 8.04. The van der Waals surface area contributed by atoms with Gasteiger partial charge in [-0.25, -0.2) is 0 Å². The zero-order valence-electron chi connectivity index (χ0n) is 7.07. The fraction of sp³-hybridized carbons (Fsp3) is 0.429. The largest absolute Gasteiger partial charge is 0.392 e. The summed E-state index contributed by atoms with van der Waals surface area (Å²) in [5, 5.41) is 8.91. The van der Waals surface area contributed by atoms with Crippen molar-refractivity contribution in [2.24, 2.45) is 0 Å². The van der Waals surface area contributed by atoms with Gasteiger partial charge in [0.05, 0.1) is 6.10 Å². The average Bonchev–Trinajstić information content (AvgIpc) is 1.84. The summed E-state index contributed by atoms with van der Waals surface area (Å²) in [6, 6.07) is 0. The lowest BCUT2D eigenvalue weighted by Gasteiger charge is -2.00. The molecule has 0 heterocycles. The van der Waals surface area contributed by atoms with Crippen LogP contribution < -0.4 is 0 Å². The predicted molar refractivity (Wildman–Crippen MR) is 57.2 cm³/mol. The Balaban J connectivity index is 0. The van der Waals surface area contributed by atoms with Gasteiger partial charge in [-0.1, -0.05) is 12.2 Å². The van der Waals surface area contributed by atoms with Crippen molar-refractivity contribution >= 4 is 28.6 Å². The van der Waals surface area contributed by atoms with Crippen LogP contribution in [-0.2, 0) is 4.57 Å². The zero-order valence-corrected chi connectivity index (χ0v) is 9.47. The van der Waals surface area contributed by atoms with Crippen LogP contribution in [0.1, 0.15) is 12.8 Å².